The summed E-state index contributed by atoms with van der Waals surface area (Å²) in [6, 6.07) is 12.0. The predicted octanol–water partition coefficient (Wildman–Crippen LogP) is 5.03. The largest absolute Gasteiger partial charge is 0.488 e. The molecular weight excluding hydrogens is 495 g/mol. The van der Waals surface area contributed by atoms with Crippen molar-refractivity contribution in [1.29, 1.82) is 0 Å². The first-order valence-corrected chi connectivity index (χ1v) is 14.1. The standard InChI is InChI=1S/C29H37FN8O/c1-36-13-15-37(16-14-36)23-9-5-8-22(18-23)33-29-32-19-24(30)28(35-29)38(20-21-6-3-2-4-7-21)26-11-10-25-27(34-26)31-12-17-39-25/h5,8-11,18-19,21H,2-4,6-7,12-17,20H2,1H3,(H,31,34)(H,32,33,35). The molecule has 206 valence electrons. The van der Waals surface area contributed by atoms with E-state index < -0.39 is 5.82 Å². The van der Waals surface area contributed by atoms with E-state index in [4.69, 9.17) is 14.7 Å². The van der Waals surface area contributed by atoms with Crippen LogP contribution in [0.2, 0.25) is 0 Å². The number of likely N-dealkylation sites (N-methyl/N-ethyl adjacent to an activating group) is 1. The number of rotatable bonds is 7. The van der Waals surface area contributed by atoms with E-state index in [1.165, 1.54) is 25.5 Å². The highest BCUT2D eigenvalue weighted by Gasteiger charge is 2.25. The number of ether oxygens (including phenoxy) is 1. The monoisotopic (exact) mass is 532 g/mol. The van der Waals surface area contributed by atoms with E-state index in [9.17, 15) is 0 Å². The molecule has 4 heterocycles. The summed E-state index contributed by atoms with van der Waals surface area (Å²) in [7, 11) is 2.15. The summed E-state index contributed by atoms with van der Waals surface area (Å²) in [5.74, 6) is 2.62. The molecule has 0 bridgehead atoms. The van der Waals surface area contributed by atoms with E-state index in [1.54, 1.807) is 0 Å². The molecule has 1 aromatic carbocycles. The topological polar surface area (TPSA) is 81.7 Å². The first-order chi connectivity index (χ1) is 19.1. The van der Waals surface area contributed by atoms with Crippen LogP contribution >= 0.6 is 0 Å². The Morgan fingerprint density at radius 1 is 1.08 bits per heavy atom. The highest BCUT2D eigenvalue weighted by molar-refractivity contribution is 5.66. The number of fused-ring (bicyclic) bond motifs is 1. The summed E-state index contributed by atoms with van der Waals surface area (Å²) in [4.78, 5) is 20.4. The molecule has 2 aromatic heterocycles. The molecule has 0 amide bonds. The minimum Gasteiger partial charge on any atom is -0.488 e. The average molecular weight is 533 g/mol. The van der Waals surface area contributed by atoms with Gasteiger partial charge in [-0.2, -0.15) is 4.98 Å². The number of benzene rings is 1. The van der Waals surface area contributed by atoms with Gasteiger partial charge in [-0.05, 0) is 56.1 Å². The minimum absolute atomic E-state index is 0.234. The Balaban J connectivity index is 1.28. The number of piperazine rings is 1. The number of pyridine rings is 1. The van der Waals surface area contributed by atoms with E-state index in [-0.39, 0.29) is 5.82 Å². The van der Waals surface area contributed by atoms with Gasteiger partial charge in [-0.3, -0.25) is 0 Å². The highest BCUT2D eigenvalue weighted by Crippen LogP contribution is 2.35. The van der Waals surface area contributed by atoms with Gasteiger partial charge in [0.15, 0.2) is 23.2 Å². The molecule has 3 aromatic rings. The summed E-state index contributed by atoms with van der Waals surface area (Å²) < 4.78 is 21.1. The lowest BCUT2D eigenvalue weighted by atomic mass is 9.89. The molecule has 3 aliphatic rings. The van der Waals surface area contributed by atoms with Gasteiger partial charge in [0, 0.05) is 44.1 Å². The molecule has 1 saturated carbocycles. The van der Waals surface area contributed by atoms with Gasteiger partial charge in [0.2, 0.25) is 5.95 Å². The quantitative estimate of drug-likeness (QED) is 0.435. The van der Waals surface area contributed by atoms with Gasteiger partial charge in [-0.15, -0.1) is 0 Å². The Morgan fingerprint density at radius 3 is 2.77 bits per heavy atom. The van der Waals surface area contributed by atoms with E-state index in [0.29, 0.717) is 48.9 Å². The molecule has 6 rings (SSSR count). The van der Waals surface area contributed by atoms with Gasteiger partial charge in [0.1, 0.15) is 12.4 Å². The molecular formula is C29H37FN8O. The molecule has 2 aliphatic heterocycles. The summed E-state index contributed by atoms with van der Waals surface area (Å²) in [5, 5.41) is 6.61. The zero-order chi connectivity index (χ0) is 26.6. The normalized spacial score (nSPS) is 18.2. The maximum absolute atomic E-state index is 15.4. The van der Waals surface area contributed by atoms with Crippen molar-refractivity contribution in [3.05, 3.63) is 48.4 Å². The van der Waals surface area contributed by atoms with Crippen molar-refractivity contribution in [2.75, 3.05) is 73.4 Å². The molecule has 39 heavy (non-hydrogen) atoms. The molecule has 1 aliphatic carbocycles. The molecule has 0 spiro atoms. The lowest BCUT2D eigenvalue weighted by Crippen LogP contribution is -2.44. The van der Waals surface area contributed by atoms with E-state index >= 15 is 4.39 Å². The van der Waals surface area contributed by atoms with Crippen LogP contribution in [0.3, 0.4) is 0 Å². The number of nitrogens with zero attached hydrogens (tertiary/aromatic N) is 6. The van der Waals surface area contributed by atoms with E-state index in [0.717, 1.165) is 50.4 Å². The van der Waals surface area contributed by atoms with Gasteiger partial charge < -0.3 is 30.1 Å². The van der Waals surface area contributed by atoms with Crippen LogP contribution in [-0.2, 0) is 0 Å². The van der Waals surface area contributed by atoms with Crippen LogP contribution < -0.4 is 25.2 Å². The van der Waals surface area contributed by atoms with E-state index in [1.807, 2.05) is 29.2 Å². The Kier molecular flexibility index (Phi) is 7.62. The second-order valence-electron chi connectivity index (χ2n) is 10.7. The number of hydrogen-bond donors (Lipinski definition) is 2. The van der Waals surface area contributed by atoms with Crippen molar-refractivity contribution >= 4 is 34.8 Å². The van der Waals surface area contributed by atoms with Crippen molar-refractivity contribution < 1.29 is 9.13 Å². The summed E-state index contributed by atoms with van der Waals surface area (Å²) in [6.45, 7) is 6.00. The molecule has 9 nitrogen and oxygen atoms in total. The number of anilines is 6. The van der Waals surface area contributed by atoms with Gasteiger partial charge >= 0.3 is 0 Å². The number of aromatic nitrogens is 3. The third kappa shape index (κ3) is 6.00. The minimum atomic E-state index is -0.466. The molecule has 0 atom stereocenters. The number of hydrogen-bond acceptors (Lipinski definition) is 9. The first-order valence-electron chi connectivity index (χ1n) is 14.1. The van der Waals surface area contributed by atoms with Gasteiger partial charge in [-0.25, -0.2) is 14.4 Å². The molecule has 0 radical (unpaired) electrons. The number of nitrogens with one attached hydrogen (secondary N) is 2. The number of halogens is 1. The lowest BCUT2D eigenvalue weighted by molar-refractivity contribution is 0.313. The molecule has 1 saturated heterocycles. The fraction of sp³-hybridized carbons (Fsp3) is 0.483. The Hall–Kier alpha value is -3.66. The first kappa shape index (κ1) is 25.6. The Bertz CT molecular complexity index is 1280. The molecule has 2 fully saturated rings. The van der Waals surface area contributed by atoms with Gasteiger partial charge in [-0.1, -0.05) is 25.3 Å². The van der Waals surface area contributed by atoms with Gasteiger partial charge in [0.05, 0.1) is 12.7 Å². The van der Waals surface area contributed by atoms with E-state index in [2.05, 4.69) is 44.6 Å². The average Bonchev–Trinajstić information content (AvgIpc) is 2.98. The predicted molar refractivity (Wildman–Crippen MR) is 153 cm³/mol. The Labute approximate surface area is 229 Å². The zero-order valence-corrected chi connectivity index (χ0v) is 22.6. The van der Waals surface area contributed by atoms with Crippen LogP contribution in [0.5, 0.6) is 5.75 Å². The lowest BCUT2D eigenvalue weighted by Gasteiger charge is -2.34. The van der Waals surface area contributed by atoms with Crippen LogP contribution in [0, 0.1) is 11.7 Å². The van der Waals surface area contributed by atoms with Crippen LogP contribution in [0.15, 0.2) is 42.6 Å². The van der Waals surface area contributed by atoms with Gasteiger partial charge in [0.25, 0.3) is 0 Å². The smallest absolute Gasteiger partial charge is 0.229 e. The van der Waals surface area contributed by atoms with Crippen LogP contribution in [0.1, 0.15) is 32.1 Å². The SMILES string of the molecule is CN1CCN(c2cccc(Nc3ncc(F)c(N(CC4CCCCC4)c4ccc5c(n4)NCCO5)n3)c2)CC1. The van der Waals surface area contributed by atoms with Crippen molar-refractivity contribution in [2.24, 2.45) is 5.92 Å². The summed E-state index contributed by atoms with van der Waals surface area (Å²) in [5.41, 5.74) is 2.03. The van der Waals surface area contributed by atoms with Crippen LogP contribution in [0.4, 0.5) is 39.2 Å². The maximum Gasteiger partial charge on any atom is 0.229 e. The maximum atomic E-state index is 15.4. The second kappa shape index (κ2) is 11.6. The highest BCUT2D eigenvalue weighted by atomic mass is 19.1. The third-order valence-electron chi connectivity index (χ3n) is 7.89. The third-order valence-corrected chi connectivity index (χ3v) is 7.89. The van der Waals surface area contributed by atoms with Crippen molar-refractivity contribution in [1.82, 2.24) is 19.9 Å². The fourth-order valence-electron chi connectivity index (χ4n) is 5.66. The van der Waals surface area contributed by atoms with Crippen LogP contribution in [-0.4, -0.2) is 72.8 Å². The molecule has 2 N–H and O–H groups in total. The summed E-state index contributed by atoms with van der Waals surface area (Å²) >= 11 is 0. The molecule has 0 unspecified atom stereocenters. The van der Waals surface area contributed by atoms with Crippen molar-refractivity contribution in [3.63, 3.8) is 0 Å². The second-order valence-corrected chi connectivity index (χ2v) is 10.7. The summed E-state index contributed by atoms with van der Waals surface area (Å²) in [6.07, 6.45) is 7.17. The van der Waals surface area contributed by atoms with Crippen molar-refractivity contribution in [3.8, 4) is 5.75 Å². The molecule has 10 heteroatoms. The fourth-order valence-corrected chi connectivity index (χ4v) is 5.66. The van der Waals surface area contributed by atoms with Crippen LogP contribution in [0.25, 0.3) is 0 Å². The zero-order valence-electron chi connectivity index (χ0n) is 22.6. The Morgan fingerprint density at radius 2 is 1.92 bits per heavy atom. The van der Waals surface area contributed by atoms with Crippen molar-refractivity contribution in [2.45, 2.75) is 32.1 Å².